The molecule has 0 saturated heterocycles. The van der Waals surface area contributed by atoms with Crippen LogP contribution >= 0.6 is 0 Å². The van der Waals surface area contributed by atoms with Gasteiger partial charge in [-0.3, -0.25) is 0 Å². The summed E-state index contributed by atoms with van der Waals surface area (Å²) in [5, 5.41) is 0. The van der Waals surface area contributed by atoms with Gasteiger partial charge in [0.2, 0.25) is 0 Å². The summed E-state index contributed by atoms with van der Waals surface area (Å²) < 4.78 is 47.3. The molecule has 0 spiro atoms. The number of methoxy groups -OCH3 is 2. The second-order valence-electron chi connectivity index (χ2n) is 3.51. The van der Waals surface area contributed by atoms with Crippen molar-refractivity contribution in [3.8, 4) is 5.75 Å². The lowest BCUT2D eigenvalue weighted by atomic mass is 10.1. The van der Waals surface area contributed by atoms with Gasteiger partial charge in [-0.2, -0.15) is 13.2 Å². The lowest BCUT2D eigenvalue weighted by Crippen LogP contribution is -2.24. The molecule has 0 radical (unpaired) electrons. The minimum atomic E-state index is -4.42. The SMILES string of the molecule is COc1cc(CC(N)OC)ccc1C(F)(F)F. The fourth-order valence-corrected chi connectivity index (χ4v) is 1.41. The van der Waals surface area contributed by atoms with Gasteiger partial charge in [-0.25, -0.2) is 0 Å². The topological polar surface area (TPSA) is 44.5 Å². The van der Waals surface area contributed by atoms with E-state index in [4.69, 9.17) is 15.2 Å². The predicted molar refractivity (Wildman–Crippen MR) is 56.7 cm³/mol. The third-order valence-electron chi connectivity index (χ3n) is 2.31. The summed E-state index contributed by atoms with van der Waals surface area (Å²) in [7, 11) is 2.64. The first kappa shape index (κ1) is 13.8. The standard InChI is InChI=1S/C11H14F3NO2/c1-16-9-5-7(6-10(15)17-2)3-4-8(9)11(12,13)14/h3-5,10H,6,15H2,1-2H3. The van der Waals surface area contributed by atoms with Gasteiger partial charge in [0.1, 0.15) is 12.0 Å². The Morgan fingerprint density at radius 2 is 1.94 bits per heavy atom. The van der Waals surface area contributed by atoms with Crippen LogP contribution in [0.2, 0.25) is 0 Å². The van der Waals surface area contributed by atoms with E-state index >= 15 is 0 Å². The lowest BCUT2D eigenvalue weighted by molar-refractivity contribution is -0.138. The maximum absolute atomic E-state index is 12.6. The molecule has 1 aromatic carbocycles. The highest BCUT2D eigenvalue weighted by atomic mass is 19.4. The maximum Gasteiger partial charge on any atom is 0.419 e. The van der Waals surface area contributed by atoms with Crippen molar-refractivity contribution in [1.82, 2.24) is 0 Å². The Kier molecular flexibility index (Phi) is 4.36. The van der Waals surface area contributed by atoms with Gasteiger partial charge in [0.15, 0.2) is 0 Å². The molecule has 0 heterocycles. The molecule has 0 fully saturated rings. The van der Waals surface area contributed by atoms with Crippen molar-refractivity contribution < 1.29 is 22.6 Å². The summed E-state index contributed by atoms with van der Waals surface area (Å²) in [6.45, 7) is 0. The van der Waals surface area contributed by atoms with E-state index in [2.05, 4.69) is 0 Å². The molecule has 0 aliphatic carbocycles. The Morgan fingerprint density at radius 1 is 1.29 bits per heavy atom. The van der Waals surface area contributed by atoms with Crippen LogP contribution in [0.1, 0.15) is 11.1 Å². The second-order valence-corrected chi connectivity index (χ2v) is 3.51. The van der Waals surface area contributed by atoms with Gasteiger partial charge in [0.25, 0.3) is 0 Å². The van der Waals surface area contributed by atoms with Gasteiger partial charge >= 0.3 is 6.18 Å². The number of halogens is 3. The van der Waals surface area contributed by atoms with E-state index < -0.39 is 18.0 Å². The first-order valence-corrected chi connectivity index (χ1v) is 4.91. The zero-order valence-corrected chi connectivity index (χ0v) is 9.54. The van der Waals surface area contributed by atoms with Gasteiger partial charge in [-0.1, -0.05) is 6.07 Å². The highest BCUT2D eigenvalue weighted by Crippen LogP contribution is 2.36. The molecule has 0 amide bonds. The van der Waals surface area contributed by atoms with Gasteiger partial charge in [0, 0.05) is 13.5 Å². The maximum atomic E-state index is 12.6. The summed E-state index contributed by atoms with van der Waals surface area (Å²) in [4.78, 5) is 0. The fraction of sp³-hybridized carbons (Fsp3) is 0.455. The summed E-state index contributed by atoms with van der Waals surface area (Å²) in [5.74, 6) is -0.210. The van der Waals surface area contributed by atoms with Crippen molar-refractivity contribution in [2.75, 3.05) is 14.2 Å². The van der Waals surface area contributed by atoms with E-state index in [-0.39, 0.29) is 5.75 Å². The molecule has 2 N–H and O–H groups in total. The van der Waals surface area contributed by atoms with E-state index in [0.29, 0.717) is 12.0 Å². The van der Waals surface area contributed by atoms with Gasteiger partial charge in [-0.15, -0.1) is 0 Å². The summed E-state index contributed by atoms with van der Waals surface area (Å²) in [6, 6.07) is 3.67. The molecule has 96 valence electrons. The van der Waals surface area contributed by atoms with E-state index in [9.17, 15) is 13.2 Å². The zero-order chi connectivity index (χ0) is 13.1. The molecule has 3 nitrogen and oxygen atoms in total. The molecule has 0 aliphatic rings. The van der Waals surface area contributed by atoms with Crippen LogP contribution < -0.4 is 10.5 Å². The Bertz CT molecular complexity index is 379. The zero-order valence-electron chi connectivity index (χ0n) is 9.54. The van der Waals surface area contributed by atoms with Gasteiger partial charge in [-0.05, 0) is 17.7 Å². The molecule has 0 saturated carbocycles. The minimum Gasteiger partial charge on any atom is -0.496 e. The van der Waals surface area contributed by atoms with Crippen LogP contribution in [0.5, 0.6) is 5.75 Å². The third kappa shape index (κ3) is 3.61. The first-order chi connectivity index (χ1) is 7.88. The molecule has 1 aromatic rings. The van der Waals surface area contributed by atoms with Crippen LogP contribution in [0.3, 0.4) is 0 Å². The molecular weight excluding hydrogens is 235 g/mol. The molecule has 0 aromatic heterocycles. The Hall–Kier alpha value is -1.27. The average Bonchev–Trinajstić information content (AvgIpc) is 2.27. The van der Waals surface area contributed by atoms with Crippen LogP contribution in [0.25, 0.3) is 0 Å². The molecule has 6 heteroatoms. The second kappa shape index (κ2) is 5.37. The molecule has 17 heavy (non-hydrogen) atoms. The van der Waals surface area contributed by atoms with E-state index in [1.54, 1.807) is 0 Å². The number of hydrogen-bond acceptors (Lipinski definition) is 3. The van der Waals surface area contributed by atoms with Crippen molar-refractivity contribution >= 4 is 0 Å². The average molecular weight is 249 g/mol. The van der Waals surface area contributed by atoms with Crippen LogP contribution in [0.15, 0.2) is 18.2 Å². The van der Waals surface area contributed by atoms with E-state index in [0.717, 1.165) is 6.07 Å². The summed E-state index contributed by atoms with van der Waals surface area (Å²) in [5.41, 5.74) is 5.37. The number of rotatable bonds is 4. The number of ether oxygens (including phenoxy) is 2. The largest absolute Gasteiger partial charge is 0.496 e. The van der Waals surface area contributed by atoms with E-state index in [1.165, 1.54) is 26.4 Å². The van der Waals surface area contributed by atoms with Crippen LogP contribution in [-0.4, -0.2) is 20.4 Å². The Balaban J connectivity index is 3.01. The highest BCUT2D eigenvalue weighted by Gasteiger charge is 2.34. The van der Waals surface area contributed by atoms with Crippen LogP contribution in [0, 0.1) is 0 Å². The Morgan fingerprint density at radius 3 is 2.41 bits per heavy atom. The van der Waals surface area contributed by atoms with Gasteiger partial charge in [0.05, 0.1) is 12.7 Å². The van der Waals surface area contributed by atoms with Gasteiger partial charge < -0.3 is 15.2 Å². The summed E-state index contributed by atoms with van der Waals surface area (Å²) >= 11 is 0. The first-order valence-electron chi connectivity index (χ1n) is 4.91. The van der Waals surface area contributed by atoms with Crippen molar-refractivity contribution in [3.05, 3.63) is 29.3 Å². The number of alkyl halides is 3. The molecular formula is C11H14F3NO2. The highest BCUT2D eigenvalue weighted by molar-refractivity contribution is 5.39. The Labute approximate surface area is 97.3 Å². The minimum absolute atomic E-state index is 0.210. The third-order valence-corrected chi connectivity index (χ3v) is 2.31. The monoisotopic (exact) mass is 249 g/mol. The molecule has 1 atom stereocenters. The molecule has 0 aliphatic heterocycles. The van der Waals surface area contributed by atoms with Crippen LogP contribution in [0.4, 0.5) is 13.2 Å². The number of benzene rings is 1. The lowest BCUT2D eigenvalue weighted by Gasteiger charge is -2.14. The smallest absolute Gasteiger partial charge is 0.419 e. The van der Waals surface area contributed by atoms with Crippen molar-refractivity contribution in [1.29, 1.82) is 0 Å². The van der Waals surface area contributed by atoms with Crippen LogP contribution in [-0.2, 0) is 17.3 Å². The number of hydrogen-bond donors (Lipinski definition) is 1. The van der Waals surface area contributed by atoms with Crippen molar-refractivity contribution in [2.24, 2.45) is 5.73 Å². The molecule has 1 rings (SSSR count). The van der Waals surface area contributed by atoms with E-state index in [1.807, 2.05) is 0 Å². The fourth-order valence-electron chi connectivity index (χ4n) is 1.41. The molecule has 0 bridgehead atoms. The quantitative estimate of drug-likeness (QED) is 0.832. The van der Waals surface area contributed by atoms with Crippen molar-refractivity contribution in [3.63, 3.8) is 0 Å². The predicted octanol–water partition coefficient (Wildman–Crippen LogP) is 2.19. The number of nitrogens with two attached hydrogens (primary N) is 1. The normalized spacial score (nSPS) is 13.5. The molecule has 1 unspecified atom stereocenters. The summed E-state index contributed by atoms with van der Waals surface area (Å²) in [6.07, 6.45) is -4.64. The van der Waals surface area contributed by atoms with Crippen molar-refractivity contribution in [2.45, 2.75) is 18.8 Å².